The Morgan fingerprint density at radius 1 is 1.23 bits per heavy atom. The molecule has 1 heterocycles. The Bertz CT molecular complexity index is 935. The molecule has 0 fully saturated rings. The number of anilines is 1. The zero-order valence-electron chi connectivity index (χ0n) is 14.8. The molecule has 0 radical (unpaired) electrons. The number of aromatic nitrogens is 1. The summed E-state index contributed by atoms with van der Waals surface area (Å²) in [5.74, 6) is 0.387. The lowest BCUT2D eigenvalue weighted by Gasteiger charge is -2.12. The van der Waals surface area contributed by atoms with Gasteiger partial charge >= 0.3 is 0 Å². The Balaban J connectivity index is 1.71. The summed E-state index contributed by atoms with van der Waals surface area (Å²) in [6, 6.07) is 11.7. The van der Waals surface area contributed by atoms with Crippen molar-refractivity contribution in [2.24, 2.45) is 0 Å². The van der Waals surface area contributed by atoms with E-state index in [-0.39, 0.29) is 12.3 Å². The van der Waals surface area contributed by atoms with E-state index in [0.717, 1.165) is 21.8 Å². The van der Waals surface area contributed by atoms with E-state index >= 15 is 0 Å². The van der Waals surface area contributed by atoms with Crippen LogP contribution in [0.15, 0.2) is 41.8 Å². The number of nitrogens with one attached hydrogen (secondary N) is 1. The van der Waals surface area contributed by atoms with Crippen LogP contribution in [0, 0.1) is 13.8 Å². The number of hydrogen-bond acceptors (Lipinski definition) is 4. The van der Waals surface area contributed by atoms with Gasteiger partial charge in [-0.25, -0.2) is 4.98 Å². The van der Waals surface area contributed by atoms with Gasteiger partial charge in [-0.3, -0.25) is 4.79 Å². The summed E-state index contributed by atoms with van der Waals surface area (Å²) in [4.78, 5) is 17.0. The molecule has 3 aromatic rings. The standard InChI is InChI=1S/C20H19ClN2O2S/c1-12-4-6-14(7-5-12)20-22-15(11-26-20)9-19(24)23-17-8-13(2)16(21)10-18(17)25-3/h4-8,10-11H,9H2,1-3H3,(H,23,24). The number of methoxy groups -OCH3 is 1. The maximum absolute atomic E-state index is 12.4. The van der Waals surface area contributed by atoms with Gasteiger partial charge in [0.1, 0.15) is 10.8 Å². The van der Waals surface area contributed by atoms with E-state index in [0.29, 0.717) is 16.5 Å². The molecule has 1 amide bonds. The van der Waals surface area contributed by atoms with Crippen LogP contribution < -0.4 is 10.1 Å². The van der Waals surface area contributed by atoms with E-state index in [1.807, 2.05) is 31.4 Å². The lowest BCUT2D eigenvalue weighted by atomic mass is 10.2. The number of hydrogen-bond donors (Lipinski definition) is 1. The Hall–Kier alpha value is -2.37. The van der Waals surface area contributed by atoms with Crippen LogP contribution in [0.5, 0.6) is 5.75 Å². The van der Waals surface area contributed by atoms with E-state index in [1.165, 1.54) is 16.9 Å². The molecule has 4 nitrogen and oxygen atoms in total. The molecule has 0 spiro atoms. The van der Waals surface area contributed by atoms with Gasteiger partial charge in [0.05, 0.1) is 24.9 Å². The number of aryl methyl sites for hydroxylation is 2. The van der Waals surface area contributed by atoms with Crippen LogP contribution in [0.3, 0.4) is 0 Å². The number of carbonyl (C=O) groups is 1. The number of benzene rings is 2. The minimum absolute atomic E-state index is 0.147. The highest BCUT2D eigenvalue weighted by atomic mass is 35.5. The number of nitrogens with zero attached hydrogens (tertiary/aromatic N) is 1. The summed E-state index contributed by atoms with van der Waals surface area (Å²) in [5.41, 5.74) is 4.48. The molecule has 0 unspecified atom stereocenters. The Labute approximate surface area is 161 Å². The molecular formula is C20H19ClN2O2S. The van der Waals surface area contributed by atoms with Crippen molar-refractivity contribution in [2.45, 2.75) is 20.3 Å². The summed E-state index contributed by atoms with van der Waals surface area (Å²) < 4.78 is 5.29. The molecule has 0 aliphatic heterocycles. The van der Waals surface area contributed by atoms with Gasteiger partial charge in [-0.15, -0.1) is 11.3 Å². The second-order valence-corrected chi connectivity index (χ2v) is 7.30. The summed E-state index contributed by atoms with van der Waals surface area (Å²) in [5, 5.41) is 6.30. The average molecular weight is 387 g/mol. The summed E-state index contributed by atoms with van der Waals surface area (Å²) >= 11 is 7.64. The molecule has 6 heteroatoms. The topological polar surface area (TPSA) is 51.2 Å². The van der Waals surface area contributed by atoms with Gasteiger partial charge < -0.3 is 10.1 Å². The van der Waals surface area contributed by atoms with Crippen LogP contribution in [-0.2, 0) is 11.2 Å². The van der Waals surface area contributed by atoms with E-state index < -0.39 is 0 Å². The second-order valence-electron chi connectivity index (χ2n) is 6.04. The first-order chi connectivity index (χ1) is 12.5. The van der Waals surface area contributed by atoms with Gasteiger partial charge in [0, 0.05) is 22.0 Å². The molecule has 0 bridgehead atoms. The number of halogens is 1. The molecule has 1 aromatic heterocycles. The number of carbonyl (C=O) groups excluding carboxylic acids is 1. The minimum atomic E-state index is -0.147. The van der Waals surface area contributed by atoms with Crippen molar-refractivity contribution in [1.82, 2.24) is 4.98 Å². The molecule has 0 saturated carbocycles. The van der Waals surface area contributed by atoms with Crippen molar-refractivity contribution < 1.29 is 9.53 Å². The SMILES string of the molecule is COc1cc(Cl)c(C)cc1NC(=O)Cc1csc(-c2ccc(C)cc2)n1. The monoisotopic (exact) mass is 386 g/mol. The normalized spacial score (nSPS) is 10.6. The quantitative estimate of drug-likeness (QED) is 0.649. The highest BCUT2D eigenvalue weighted by molar-refractivity contribution is 7.13. The van der Waals surface area contributed by atoms with E-state index in [2.05, 4.69) is 22.4 Å². The van der Waals surface area contributed by atoms with Crippen molar-refractivity contribution in [2.75, 3.05) is 12.4 Å². The first-order valence-corrected chi connectivity index (χ1v) is 9.37. The zero-order valence-corrected chi connectivity index (χ0v) is 16.4. The fraction of sp³-hybridized carbons (Fsp3) is 0.200. The Morgan fingerprint density at radius 2 is 1.96 bits per heavy atom. The smallest absolute Gasteiger partial charge is 0.230 e. The third-order valence-corrected chi connectivity index (χ3v) is 5.29. The third kappa shape index (κ3) is 4.23. The van der Waals surface area contributed by atoms with E-state index in [4.69, 9.17) is 16.3 Å². The third-order valence-electron chi connectivity index (χ3n) is 3.95. The maximum atomic E-state index is 12.4. The number of ether oxygens (including phenoxy) is 1. The molecule has 3 rings (SSSR count). The molecule has 26 heavy (non-hydrogen) atoms. The van der Waals surface area contributed by atoms with Crippen molar-refractivity contribution in [3.05, 3.63) is 63.6 Å². The second kappa shape index (κ2) is 7.89. The molecule has 1 N–H and O–H groups in total. The zero-order chi connectivity index (χ0) is 18.7. The van der Waals surface area contributed by atoms with E-state index in [9.17, 15) is 4.79 Å². The van der Waals surface area contributed by atoms with Crippen LogP contribution in [0.25, 0.3) is 10.6 Å². The van der Waals surface area contributed by atoms with Crippen molar-refractivity contribution in [1.29, 1.82) is 0 Å². The molecule has 0 aliphatic rings. The van der Waals surface area contributed by atoms with Gasteiger partial charge in [0.2, 0.25) is 5.91 Å². The first-order valence-electron chi connectivity index (χ1n) is 8.11. The minimum Gasteiger partial charge on any atom is -0.495 e. The van der Waals surface area contributed by atoms with Crippen molar-refractivity contribution >= 4 is 34.5 Å². The van der Waals surface area contributed by atoms with Crippen LogP contribution in [0.1, 0.15) is 16.8 Å². The van der Waals surface area contributed by atoms with Crippen LogP contribution in [0.2, 0.25) is 5.02 Å². The van der Waals surface area contributed by atoms with Crippen LogP contribution in [-0.4, -0.2) is 18.0 Å². The van der Waals surface area contributed by atoms with Crippen LogP contribution >= 0.6 is 22.9 Å². The Kier molecular flexibility index (Phi) is 5.59. The van der Waals surface area contributed by atoms with Gasteiger partial charge in [0.25, 0.3) is 0 Å². The first kappa shape index (κ1) is 18.4. The number of amides is 1. The van der Waals surface area contributed by atoms with Gasteiger partial charge in [-0.2, -0.15) is 0 Å². The van der Waals surface area contributed by atoms with Gasteiger partial charge in [-0.1, -0.05) is 41.4 Å². The lowest BCUT2D eigenvalue weighted by Crippen LogP contribution is -2.15. The summed E-state index contributed by atoms with van der Waals surface area (Å²) in [7, 11) is 1.55. The number of thiazole rings is 1. The fourth-order valence-corrected chi connectivity index (χ4v) is 3.49. The Morgan fingerprint density at radius 3 is 2.65 bits per heavy atom. The predicted octanol–water partition coefficient (Wildman–Crippen LogP) is 5.27. The molecule has 0 saturated heterocycles. The highest BCUT2D eigenvalue weighted by Gasteiger charge is 2.13. The molecule has 2 aromatic carbocycles. The van der Waals surface area contributed by atoms with Gasteiger partial charge in [-0.05, 0) is 25.5 Å². The molecule has 134 valence electrons. The molecule has 0 atom stereocenters. The predicted molar refractivity (Wildman–Crippen MR) is 107 cm³/mol. The van der Waals surface area contributed by atoms with E-state index in [1.54, 1.807) is 19.2 Å². The van der Waals surface area contributed by atoms with Crippen molar-refractivity contribution in [3.8, 4) is 16.3 Å². The number of rotatable bonds is 5. The summed E-state index contributed by atoms with van der Waals surface area (Å²) in [6.45, 7) is 3.93. The lowest BCUT2D eigenvalue weighted by molar-refractivity contribution is -0.115. The van der Waals surface area contributed by atoms with Crippen LogP contribution in [0.4, 0.5) is 5.69 Å². The highest BCUT2D eigenvalue weighted by Crippen LogP contribution is 2.31. The molecular weight excluding hydrogens is 368 g/mol. The average Bonchev–Trinajstić information content (AvgIpc) is 3.06. The summed E-state index contributed by atoms with van der Waals surface area (Å²) in [6.07, 6.45) is 0.202. The fourth-order valence-electron chi connectivity index (χ4n) is 2.51. The largest absolute Gasteiger partial charge is 0.495 e. The maximum Gasteiger partial charge on any atom is 0.230 e. The molecule has 0 aliphatic carbocycles. The van der Waals surface area contributed by atoms with Crippen molar-refractivity contribution in [3.63, 3.8) is 0 Å². The van der Waals surface area contributed by atoms with Gasteiger partial charge in [0.15, 0.2) is 0 Å².